The molecular weight excluding hydrogens is 310 g/mol. The maximum Gasteiger partial charge on any atom is 0.0339 e. The SMILES string of the molecule is CC=C(C=CC(C)CNC12CC3CC(CC(C3)C1)C2)c1cccs1. The third-order valence-corrected chi connectivity index (χ3v) is 7.48. The van der Waals surface area contributed by atoms with E-state index in [1.165, 1.54) is 49.0 Å². The van der Waals surface area contributed by atoms with Gasteiger partial charge in [0.2, 0.25) is 0 Å². The molecule has 1 aromatic rings. The van der Waals surface area contributed by atoms with Gasteiger partial charge in [0.15, 0.2) is 0 Å². The molecule has 5 rings (SSSR count). The minimum absolute atomic E-state index is 0.494. The van der Waals surface area contributed by atoms with Crippen LogP contribution in [0, 0.1) is 23.7 Å². The third-order valence-electron chi connectivity index (χ3n) is 6.56. The first-order valence-electron chi connectivity index (χ1n) is 9.79. The summed E-state index contributed by atoms with van der Waals surface area (Å²) in [5, 5.41) is 6.19. The Hall–Kier alpha value is -0.860. The second kappa shape index (κ2) is 6.80. The number of thiophene rings is 1. The highest BCUT2D eigenvalue weighted by atomic mass is 32.1. The van der Waals surface area contributed by atoms with E-state index in [1.807, 2.05) is 11.3 Å². The minimum Gasteiger partial charge on any atom is -0.311 e. The first kappa shape index (κ1) is 16.6. The normalized spacial score (nSPS) is 36.6. The largest absolute Gasteiger partial charge is 0.311 e. The topological polar surface area (TPSA) is 12.0 Å². The monoisotopic (exact) mass is 341 g/mol. The summed E-state index contributed by atoms with van der Waals surface area (Å²) in [4.78, 5) is 1.37. The Bertz CT molecular complexity index is 575. The van der Waals surface area contributed by atoms with E-state index in [0.717, 1.165) is 24.3 Å². The van der Waals surface area contributed by atoms with Gasteiger partial charge in [0.05, 0.1) is 0 Å². The van der Waals surface area contributed by atoms with Gasteiger partial charge < -0.3 is 5.32 Å². The molecule has 0 radical (unpaired) electrons. The van der Waals surface area contributed by atoms with Crippen molar-refractivity contribution in [1.29, 1.82) is 0 Å². The van der Waals surface area contributed by atoms with Gasteiger partial charge in [0.1, 0.15) is 0 Å². The summed E-state index contributed by atoms with van der Waals surface area (Å²) in [5.41, 5.74) is 1.85. The van der Waals surface area contributed by atoms with Crippen LogP contribution in [0.15, 0.2) is 35.7 Å². The van der Waals surface area contributed by atoms with Gasteiger partial charge in [0, 0.05) is 17.0 Å². The summed E-state index contributed by atoms with van der Waals surface area (Å²) in [6.45, 7) is 5.62. The lowest BCUT2D eigenvalue weighted by atomic mass is 9.53. The minimum atomic E-state index is 0.494. The van der Waals surface area contributed by atoms with Crippen molar-refractivity contribution >= 4 is 16.9 Å². The molecule has 4 saturated carbocycles. The first-order valence-corrected chi connectivity index (χ1v) is 10.7. The Kier molecular flexibility index (Phi) is 4.70. The van der Waals surface area contributed by atoms with Crippen LogP contribution in [-0.2, 0) is 0 Å². The van der Waals surface area contributed by atoms with E-state index in [0.29, 0.717) is 11.5 Å². The van der Waals surface area contributed by atoms with Crippen molar-refractivity contribution in [3.05, 3.63) is 40.6 Å². The molecule has 0 spiro atoms. The first-order chi connectivity index (χ1) is 11.7. The van der Waals surface area contributed by atoms with Crippen molar-refractivity contribution in [2.75, 3.05) is 6.54 Å². The van der Waals surface area contributed by atoms with E-state index in [2.05, 4.69) is 54.9 Å². The summed E-state index contributed by atoms with van der Waals surface area (Å²) < 4.78 is 0. The molecule has 0 amide bonds. The number of nitrogens with one attached hydrogen (secondary N) is 1. The van der Waals surface area contributed by atoms with Crippen LogP contribution in [0.4, 0.5) is 0 Å². The van der Waals surface area contributed by atoms with Crippen LogP contribution in [0.25, 0.3) is 5.57 Å². The number of allylic oxidation sites excluding steroid dienone is 3. The Morgan fingerprint density at radius 1 is 1.25 bits per heavy atom. The summed E-state index contributed by atoms with van der Waals surface area (Å²) >= 11 is 1.82. The zero-order valence-electron chi connectivity index (χ0n) is 15.1. The molecular formula is C22H31NS. The van der Waals surface area contributed by atoms with E-state index in [1.54, 1.807) is 0 Å². The maximum absolute atomic E-state index is 4.04. The summed E-state index contributed by atoms with van der Waals surface area (Å²) in [7, 11) is 0. The molecule has 0 saturated heterocycles. The number of hydrogen-bond donors (Lipinski definition) is 1. The van der Waals surface area contributed by atoms with Gasteiger partial charge in [-0.25, -0.2) is 0 Å². The summed E-state index contributed by atoms with van der Waals surface area (Å²) in [5.74, 6) is 3.68. The van der Waals surface area contributed by atoms with Gasteiger partial charge in [-0.15, -0.1) is 11.3 Å². The standard InChI is InChI=1S/C22H31NS/c1-3-20(21-5-4-8-24-21)7-6-16(2)15-23-22-12-17-9-18(13-22)11-19(10-17)14-22/h3-8,16-19,23H,9-15H2,1-2H3. The van der Waals surface area contributed by atoms with Crippen LogP contribution in [-0.4, -0.2) is 12.1 Å². The van der Waals surface area contributed by atoms with Gasteiger partial charge in [-0.2, -0.15) is 0 Å². The Morgan fingerprint density at radius 2 is 1.92 bits per heavy atom. The molecule has 130 valence electrons. The van der Waals surface area contributed by atoms with Crippen LogP contribution < -0.4 is 5.32 Å². The predicted molar refractivity (Wildman–Crippen MR) is 105 cm³/mol. The molecule has 0 aliphatic heterocycles. The van der Waals surface area contributed by atoms with Crippen molar-refractivity contribution < 1.29 is 0 Å². The highest BCUT2D eigenvalue weighted by Crippen LogP contribution is 2.55. The third kappa shape index (κ3) is 3.41. The van der Waals surface area contributed by atoms with Crippen LogP contribution in [0.1, 0.15) is 57.2 Å². The second-order valence-corrected chi connectivity index (χ2v) is 9.58. The second-order valence-electron chi connectivity index (χ2n) is 8.64. The zero-order valence-corrected chi connectivity index (χ0v) is 15.9. The molecule has 1 heterocycles. The van der Waals surface area contributed by atoms with Gasteiger partial charge in [-0.1, -0.05) is 31.2 Å². The maximum atomic E-state index is 4.04. The Balaban J connectivity index is 1.34. The highest BCUT2D eigenvalue weighted by molar-refractivity contribution is 7.11. The van der Waals surface area contributed by atoms with Crippen molar-refractivity contribution in [1.82, 2.24) is 5.32 Å². The molecule has 1 unspecified atom stereocenters. The van der Waals surface area contributed by atoms with Crippen LogP contribution in [0.3, 0.4) is 0 Å². The highest BCUT2D eigenvalue weighted by Gasteiger charge is 2.50. The Morgan fingerprint density at radius 3 is 2.46 bits per heavy atom. The fourth-order valence-corrected chi connectivity index (χ4v) is 6.59. The van der Waals surface area contributed by atoms with Crippen molar-refractivity contribution in [2.24, 2.45) is 23.7 Å². The molecule has 2 heteroatoms. The number of rotatable bonds is 6. The molecule has 1 aromatic heterocycles. The van der Waals surface area contributed by atoms with Crippen LogP contribution in [0.5, 0.6) is 0 Å². The van der Waals surface area contributed by atoms with Crippen molar-refractivity contribution in [3.8, 4) is 0 Å². The average Bonchev–Trinajstić information content (AvgIpc) is 3.07. The Labute approximate surface area is 151 Å². The van der Waals surface area contributed by atoms with Crippen molar-refractivity contribution in [2.45, 2.75) is 57.9 Å². The molecule has 1 atom stereocenters. The molecule has 0 aromatic carbocycles. The lowest BCUT2D eigenvalue weighted by Gasteiger charge is -2.57. The van der Waals surface area contributed by atoms with E-state index in [-0.39, 0.29) is 0 Å². The van der Waals surface area contributed by atoms with Crippen LogP contribution >= 0.6 is 11.3 Å². The molecule has 24 heavy (non-hydrogen) atoms. The van der Waals surface area contributed by atoms with E-state index >= 15 is 0 Å². The van der Waals surface area contributed by atoms with Gasteiger partial charge >= 0.3 is 0 Å². The van der Waals surface area contributed by atoms with E-state index in [9.17, 15) is 0 Å². The summed E-state index contributed by atoms with van der Waals surface area (Å²) in [6, 6.07) is 4.35. The molecule has 4 aliphatic rings. The van der Waals surface area contributed by atoms with E-state index in [4.69, 9.17) is 0 Å². The van der Waals surface area contributed by atoms with Crippen LogP contribution in [0.2, 0.25) is 0 Å². The smallest absolute Gasteiger partial charge is 0.0339 e. The zero-order chi connectivity index (χ0) is 16.6. The summed E-state index contributed by atoms with van der Waals surface area (Å²) in [6.07, 6.45) is 15.9. The van der Waals surface area contributed by atoms with Gasteiger partial charge in [0.25, 0.3) is 0 Å². The fraction of sp³-hybridized carbons (Fsp3) is 0.636. The lowest BCUT2D eigenvalue weighted by Crippen LogP contribution is -2.59. The van der Waals surface area contributed by atoms with Gasteiger partial charge in [-0.05, 0) is 86.1 Å². The molecule has 1 N–H and O–H groups in total. The molecule has 4 bridgehead atoms. The van der Waals surface area contributed by atoms with E-state index < -0.39 is 0 Å². The molecule has 4 fully saturated rings. The quantitative estimate of drug-likeness (QED) is 0.635. The number of hydrogen-bond acceptors (Lipinski definition) is 2. The van der Waals surface area contributed by atoms with Gasteiger partial charge in [-0.3, -0.25) is 0 Å². The molecule has 1 nitrogen and oxygen atoms in total. The fourth-order valence-electron chi connectivity index (χ4n) is 5.80. The van der Waals surface area contributed by atoms with Crippen molar-refractivity contribution in [3.63, 3.8) is 0 Å². The molecule has 4 aliphatic carbocycles. The predicted octanol–water partition coefficient (Wildman–Crippen LogP) is 5.90. The average molecular weight is 342 g/mol. The lowest BCUT2D eigenvalue weighted by molar-refractivity contribution is -0.0203.